The third-order valence-electron chi connectivity index (χ3n) is 27.9. The predicted molar refractivity (Wildman–Crippen MR) is 590 cm³/mol. The third-order valence-corrected chi connectivity index (χ3v) is 29.1. The van der Waals surface area contributed by atoms with Gasteiger partial charge in [-0.05, 0) is 218 Å². The smallest absolute Gasteiger partial charge is 0.145 e. The van der Waals surface area contributed by atoms with Crippen LogP contribution in [0.4, 0.5) is 0 Å². The van der Waals surface area contributed by atoms with Crippen molar-refractivity contribution in [3.8, 4) is 89.5 Å². The van der Waals surface area contributed by atoms with Gasteiger partial charge in [-0.1, -0.05) is 358 Å². The van der Waals surface area contributed by atoms with Gasteiger partial charge in [0.25, 0.3) is 0 Å². The third kappa shape index (κ3) is 13.8. The van der Waals surface area contributed by atoms with E-state index in [2.05, 4.69) is 498 Å². The van der Waals surface area contributed by atoms with Gasteiger partial charge in [-0.2, -0.15) is 0 Å². The Kier molecular flexibility index (Phi) is 19.7. The Morgan fingerprint density at radius 1 is 0.143 bits per heavy atom. The molecule has 8 aromatic heterocycles. The van der Waals surface area contributed by atoms with Crippen LogP contribution >= 0.6 is 11.3 Å². The van der Waals surface area contributed by atoms with Crippen LogP contribution in [0.3, 0.4) is 0 Å². The predicted octanol–water partition coefficient (Wildman–Crippen LogP) is 37.2. The van der Waals surface area contributed by atoms with Gasteiger partial charge in [0.15, 0.2) is 0 Å². The SMILES string of the molecule is c1ccc(-c2cc(-c3ccccc3)cc(-n3c4ccccc4c4c5oc6ccccc6c5ccc43)c2)cc1.c1ccc(-c2cc(-c3ccccc3)cc(-n3c4ccccc4c4c5sc6ccccc6c5ccc43)c2)cc1.c1ccc(-c2ccc(-n3c4ccccc4c4c5oc6ccccc6c5ccc43)cc2)cc1.c1ccc(-c2cccc(-n3c4ccccc4c4c5oc6ccccc6c5ccc43)c2)cc1. The molecule has 30 aromatic rings. The molecule has 0 aliphatic rings. The first-order chi connectivity index (χ1) is 69.5. The fourth-order valence-corrected chi connectivity index (χ4v) is 22.9. The summed E-state index contributed by atoms with van der Waals surface area (Å²) in [6.45, 7) is 0. The summed E-state index contributed by atoms with van der Waals surface area (Å²) in [6.07, 6.45) is 0. The lowest BCUT2D eigenvalue weighted by molar-refractivity contribution is 0.672. The molecule has 8 heteroatoms. The molecule has 0 radical (unpaired) electrons. The van der Waals surface area contributed by atoms with Crippen LogP contribution in [-0.2, 0) is 0 Å². The van der Waals surface area contributed by atoms with Gasteiger partial charge in [0, 0.05) is 102 Å². The van der Waals surface area contributed by atoms with Gasteiger partial charge in [-0.15, -0.1) is 11.3 Å². The number of nitrogens with zero attached hydrogens (tertiary/aromatic N) is 4. The lowest BCUT2D eigenvalue weighted by Gasteiger charge is -2.14. The van der Waals surface area contributed by atoms with E-state index in [1.807, 2.05) is 41.7 Å². The van der Waals surface area contributed by atoms with E-state index in [0.717, 1.165) is 105 Å². The number of hydrogen-bond donors (Lipinski definition) is 0. The van der Waals surface area contributed by atoms with Crippen LogP contribution in [0.15, 0.2) is 523 Å². The van der Waals surface area contributed by atoms with Gasteiger partial charge in [-0.3, -0.25) is 0 Å². The molecule has 0 aliphatic heterocycles. The molecule has 0 spiro atoms. The molecule has 0 saturated heterocycles. The van der Waals surface area contributed by atoms with Crippen molar-refractivity contribution < 1.29 is 13.3 Å². The van der Waals surface area contributed by atoms with Crippen molar-refractivity contribution in [3.05, 3.63) is 510 Å². The van der Waals surface area contributed by atoms with Crippen LogP contribution in [-0.4, -0.2) is 18.3 Å². The Balaban J connectivity index is 0.0000000940. The first kappa shape index (κ1) is 81.2. The number of fused-ring (bicyclic) bond motifs is 28. The molecular weight excluding hydrogens is 1720 g/mol. The fraction of sp³-hybridized carbons (Fsp3) is 0. The molecule has 0 aliphatic carbocycles. The largest absolute Gasteiger partial charge is 0.455 e. The number of furan rings is 3. The summed E-state index contributed by atoms with van der Waals surface area (Å²) in [7, 11) is 0. The average molecular weight is 1810 g/mol. The highest BCUT2D eigenvalue weighted by Crippen LogP contribution is 2.49. The van der Waals surface area contributed by atoms with Gasteiger partial charge in [0.2, 0.25) is 0 Å². The average Bonchev–Trinajstić information content (AvgIpc) is 1.57. The maximum atomic E-state index is 6.50. The van der Waals surface area contributed by atoms with Gasteiger partial charge >= 0.3 is 0 Å². The molecule has 7 nitrogen and oxygen atoms in total. The number of thiophene rings is 1. The minimum Gasteiger partial charge on any atom is -0.455 e. The monoisotopic (exact) mass is 1800 g/mol. The zero-order valence-electron chi connectivity index (χ0n) is 75.9. The summed E-state index contributed by atoms with van der Waals surface area (Å²) in [5.74, 6) is 0. The lowest BCUT2D eigenvalue weighted by Crippen LogP contribution is -1.96. The molecular formula is C132H84N4O3S. The first-order valence-electron chi connectivity index (χ1n) is 47.6. The van der Waals surface area contributed by atoms with E-state index in [9.17, 15) is 0 Å². The van der Waals surface area contributed by atoms with E-state index >= 15 is 0 Å². The molecule has 0 bridgehead atoms. The van der Waals surface area contributed by atoms with Gasteiger partial charge in [0.05, 0.1) is 60.3 Å². The summed E-state index contributed by atoms with van der Waals surface area (Å²) < 4.78 is 31.5. The number of para-hydroxylation sites is 7. The lowest BCUT2D eigenvalue weighted by atomic mass is 9.98. The number of hydrogen-bond acceptors (Lipinski definition) is 4. The number of aromatic nitrogens is 4. The van der Waals surface area contributed by atoms with Crippen molar-refractivity contribution in [3.63, 3.8) is 0 Å². The summed E-state index contributed by atoms with van der Waals surface area (Å²) in [5, 5.41) is 19.4. The second-order valence-electron chi connectivity index (χ2n) is 36.0. The zero-order valence-corrected chi connectivity index (χ0v) is 76.7. The van der Waals surface area contributed by atoms with Crippen LogP contribution in [0.25, 0.3) is 263 Å². The second kappa shape index (κ2) is 33.9. The highest BCUT2D eigenvalue weighted by atomic mass is 32.1. The van der Waals surface area contributed by atoms with E-state index in [0.29, 0.717) is 0 Å². The molecule has 0 saturated carbocycles. The Hall–Kier alpha value is -18.3. The fourth-order valence-electron chi connectivity index (χ4n) is 21.6. The highest BCUT2D eigenvalue weighted by Gasteiger charge is 2.26. The molecule has 0 unspecified atom stereocenters. The van der Waals surface area contributed by atoms with E-state index < -0.39 is 0 Å². The molecule has 0 fully saturated rings. The summed E-state index contributed by atoms with van der Waals surface area (Å²) in [4.78, 5) is 0. The molecule has 22 aromatic carbocycles. The van der Waals surface area contributed by atoms with Crippen LogP contribution in [0.5, 0.6) is 0 Å². The Bertz CT molecular complexity index is 9630. The maximum Gasteiger partial charge on any atom is 0.145 e. The minimum absolute atomic E-state index is 0.921. The van der Waals surface area contributed by atoms with Crippen LogP contribution < -0.4 is 0 Å². The van der Waals surface area contributed by atoms with E-state index in [1.165, 1.54) is 158 Å². The molecule has 0 amide bonds. The van der Waals surface area contributed by atoms with E-state index in [-0.39, 0.29) is 0 Å². The van der Waals surface area contributed by atoms with Crippen LogP contribution in [0.1, 0.15) is 0 Å². The Labute approximate surface area is 809 Å². The topological polar surface area (TPSA) is 59.1 Å². The van der Waals surface area contributed by atoms with Crippen molar-refractivity contribution in [2.75, 3.05) is 0 Å². The van der Waals surface area contributed by atoms with Crippen molar-refractivity contribution in [1.29, 1.82) is 0 Å². The van der Waals surface area contributed by atoms with Crippen molar-refractivity contribution >= 4 is 185 Å². The Morgan fingerprint density at radius 2 is 0.407 bits per heavy atom. The van der Waals surface area contributed by atoms with Crippen LogP contribution in [0, 0.1) is 0 Å². The van der Waals surface area contributed by atoms with Crippen molar-refractivity contribution in [2.24, 2.45) is 0 Å². The van der Waals surface area contributed by atoms with Gasteiger partial charge in [-0.25, -0.2) is 0 Å². The summed E-state index contributed by atoms with van der Waals surface area (Å²) in [5.41, 5.74) is 34.2. The normalized spacial score (nSPS) is 11.7. The van der Waals surface area contributed by atoms with Gasteiger partial charge in [0.1, 0.15) is 33.5 Å². The van der Waals surface area contributed by atoms with Crippen LogP contribution in [0.2, 0.25) is 0 Å². The Morgan fingerprint density at radius 3 is 0.786 bits per heavy atom. The molecule has 8 heterocycles. The van der Waals surface area contributed by atoms with Crippen molar-refractivity contribution in [1.82, 2.24) is 18.3 Å². The van der Waals surface area contributed by atoms with E-state index in [4.69, 9.17) is 13.3 Å². The first-order valence-corrected chi connectivity index (χ1v) is 48.5. The second-order valence-corrected chi connectivity index (χ2v) is 37.0. The quantitative estimate of drug-likeness (QED) is 0.137. The summed E-state index contributed by atoms with van der Waals surface area (Å²) in [6, 6.07) is 181. The standard InChI is InChI=1S/C36H23NO.C36H23NS.2C30H19NO/c2*1-3-11-24(12-4-1)26-21-27(25-13-5-2-6-14-25)23-28(22-26)37-32-17-9-7-16-31(32)35-33(37)20-19-30-29-15-8-10-18-34(29)38-36(30)35;1-2-9-20(10-3-1)21-11-8-12-22(19-21)31-26-15-6-4-14-25(26)29-27(31)18-17-24-23-13-5-7-16-28(23)32-30(24)29;1-2-8-20(9-3-1)21-14-16-22(17-15-21)31-26-12-6-4-11-25(26)29-27(31)19-18-24-23-10-5-7-13-28(23)32-30(24)29/h2*1-23H;2*1-19H. The number of benzene rings is 22. The number of rotatable bonds is 10. The van der Waals surface area contributed by atoms with E-state index in [1.54, 1.807) is 0 Å². The molecule has 140 heavy (non-hydrogen) atoms. The van der Waals surface area contributed by atoms with Gasteiger partial charge < -0.3 is 31.5 Å². The maximum absolute atomic E-state index is 6.50. The molecule has 30 rings (SSSR count). The molecule has 0 atom stereocenters. The highest BCUT2D eigenvalue weighted by molar-refractivity contribution is 7.26. The molecule has 656 valence electrons. The minimum atomic E-state index is 0.921. The summed E-state index contributed by atoms with van der Waals surface area (Å²) >= 11 is 1.90. The van der Waals surface area contributed by atoms with Crippen molar-refractivity contribution in [2.45, 2.75) is 0 Å². The zero-order chi connectivity index (χ0) is 92.2. The molecule has 0 N–H and O–H groups in total.